The van der Waals surface area contributed by atoms with Gasteiger partial charge in [0.25, 0.3) is 0 Å². The molecule has 0 fully saturated rings. The van der Waals surface area contributed by atoms with E-state index in [-0.39, 0.29) is 0 Å². The molecule has 19 heavy (non-hydrogen) atoms. The normalized spacial score (nSPS) is 11.2. The van der Waals surface area contributed by atoms with Crippen molar-refractivity contribution in [2.45, 2.75) is 0 Å². The Morgan fingerprint density at radius 3 is 2.63 bits per heavy atom. The molecule has 1 N–H and O–H groups in total. The van der Waals surface area contributed by atoms with Crippen molar-refractivity contribution in [1.29, 1.82) is 0 Å². The molecule has 0 bridgehead atoms. The second-order valence-corrected chi connectivity index (χ2v) is 4.19. The van der Waals surface area contributed by atoms with Crippen LogP contribution in [0.1, 0.15) is 11.5 Å². The fourth-order valence-electron chi connectivity index (χ4n) is 1.99. The van der Waals surface area contributed by atoms with Gasteiger partial charge in [0, 0.05) is 18.8 Å². The summed E-state index contributed by atoms with van der Waals surface area (Å²) in [6.07, 6.45) is 3.88. The van der Waals surface area contributed by atoms with E-state index in [1.54, 1.807) is 0 Å². The lowest BCUT2D eigenvalue weighted by atomic mass is 10.1. The summed E-state index contributed by atoms with van der Waals surface area (Å²) in [4.78, 5) is 4.41. The molecule has 2 aromatic carbocycles. The molecule has 0 radical (unpaired) electrons. The fourth-order valence-corrected chi connectivity index (χ4v) is 1.99. The molecule has 3 heteroatoms. The van der Waals surface area contributed by atoms with E-state index in [0.29, 0.717) is 5.89 Å². The highest BCUT2D eigenvalue weighted by molar-refractivity contribution is 5.78. The number of fused-ring (bicyclic) bond motifs is 1. The van der Waals surface area contributed by atoms with Gasteiger partial charge in [-0.3, -0.25) is 0 Å². The fraction of sp³-hybridized carbons (Fsp3) is 0.0625. The van der Waals surface area contributed by atoms with E-state index in [1.807, 2.05) is 67.7 Å². The highest BCUT2D eigenvalue weighted by atomic mass is 16.3. The molecule has 0 spiro atoms. The van der Waals surface area contributed by atoms with Crippen molar-refractivity contribution in [2.75, 3.05) is 12.4 Å². The number of oxazole rings is 1. The van der Waals surface area contributed by atoms with Crippen LogP contribution >= 0.6 is 0 Å². The SMILES string of the molecule is CNc1ccccc1/C=C/c1nc2ccccc2o1. The van der Waals surface area contributed by atoms with Gasteiger partial charge >= 0.3 is 0 Å². The Kier molecular flexibility index (Phi) is 3.02. The number of aromatic nitrogens is 1. The molecular weight excluding hydrogens is 236 g/mol. The first-order valence-corrected chi connectivity index (χ1v) is 6.17. The first kappa shape index (κ1) is 11.5. The van der Waals surface area contributed by atoms with Crippen molar-refractivity contribution in [3.05, 3.63) is 60.0 Å². The number of para-hydroxylation sites is 3. The third kappa shape index (κ3) is 2.36. The van der Waals surface area contributed by atoms with Crippen LogP contribution in [-0.2, 0) is 0 Å². The van der Waals surface area contributed by atoms with Crippen LogP contribution in [0.3, 0.4) is 0 Å². The minimum absolute atomic E-state index is 0.618. The third-order valence-electron chi connectivity index (χ3n) is 2.95. The molecule has 0 unspecified atom stereocenters. The zero-order valence-corrected chi connectivity index (χ0v) is 10.6. The average Bonchev–Trinajstić information content (AvgIpc) is 2.88. The van der Waals surface area contributed by atoms with Crippen molar-refractivity contribution in [1.82, 2.24) is 4.98 Å². The lowest BCUT2D eigenvalue weighted by Crippen LogP contribution is -1.90. The smallest absolute Gasteiger partial charge is 0.220 e. The number of nitrogens with one attached hydrogen (secondary N) is 1. The molecule has 1 heterocycles. The first-order valence-electron chi connectivity index (χ1n) is 6.17. The topological polar surface area (TPSA) is 38.1 Å². The maximum absolute atomic E-state index is 5.64. The van der Waals surface area contributed by atoms with Crippen molar-refractivity contribution >= 4 is 28.9 Å². The monoisotopic (exact) mass is 250 g/mol. The summed E-state index contributed by atoms with van der Waals surface area (Å²) in [6, 6.07) is 15.8. The van der Waals surface area contributed by atoms with Gasteiger partial charge in [0.1, 0.15) is 5.52 Å². The molecule has 0 amide bonds. The van der Waals surface area contributed by atoms with Gasteiger partial charge in [-0.05, 0) is 29.8 Å². The quantitative estimate of drug-likeness (QED) is 0.762. The maximum Gasteiger partial charge on any atom is 0.220 e. The van der Waals surface area contributed by atoms with Crippen LogP contribution in [-0.4, -0.2) is 12.0 Å². The molecule has 0 aliphatic heterocycles. The van der Waals surface area contributed by atoms with E-state index in [2.05, 4.69) is 10.3 Å². The summed E-state index contributed by atoms with van der Waals surface area (Å²) in [6.45, 7) is 0. The van der Waals surface area contributed by atoms with Crippen LogP contribution in [0, 0.1) is 0 Å². The molecule has 0 saturated carbocycles. The molecule has 0 atom stereocenters. The van der Waals surface area contributed by atoms with E-state index >= 15 is 0 Å². The predicted molar refractivity (Wildman–Crippen MR) is 78.9 cm³/mol. The van der Waals surface area contributed by atoms with Crippen LogP contribution in [0.2, 0.25) is 0 Å². The molecular formula is C16H14N2O. The van der Waals surface area contributed by atoms with Crippen molar-refractivity contribution in [2.24, 2.45) is 0 Å². The lowest BCUT2D eigenvalue weighted by molar-refractivity contribution is 0.590. The Hall–Kier alpha value is -2.55. The number of rotatable bonds is 3. The second kappa shape index (κ2) is 4.98. The van der Waals surface area contributed by atoms with Crippen LogP contribution in [0.5, 0.6) is 0 Å². The van der Waals surface area contributed by atoms with Gasteiger partial charge in [-0.15, -0.1) is 0 Å². The van der Waals surface area contributed by atoms with Gasteiger partial charge in [0.05, 0.1) is 0 Å². The summed E-state index contributed by atoms with van der Waals surface area (Å²) in [5.74, 6) is 0.618. The summed E-state index contributed by atoms with van der Waals surface area (Å²) >= 11 is 0. The maximum atomic E-state index is 5.64. The zero-order valence-electron chi connectivity index (χ0n) is 10.6. The third-order valence-corrected chi connectivity index (χ3v) is 2.95. The Morgan fingerprint density at radius 2 is 1.79 bits per heavy atom. The highest BCUT2D eigenvalue weighted by Crippen LogP contribution is 2.19. The van der Waals surface area contributed by atoms with E-state index in [0.717, 1.165) is 22.4 Å². The zero-order chi connectivity index (χ0) is 13.1. The number of hydrogen-bond acceptors (Lipinski definition) is 3. The molecule has 3 aromatic rings. The van der Waals surface area contributed by atoms with Crippen LogP contribution < -0.4 is 5.32 Å². The molecule has 0 saturated heterocycles. The van der Waals surface area contributed by atoms with E-state index < -0.39 is 0 Å². The number of hydrogen-bond donors (Lipinski definition) is 1. The number of benzene rings is 2. The van der Waals surface area contributed by atoms with Crippen LogP contribution in [0.4, 0.5) is 5.69 Å². The van der Waals surface area contributed by atoms with E-state index in [9.17, 15) is 0 Å². The molecule has 3 rings (SSSR count). The minimum Gasteiger partial charge on any atom is -0.437 e. The summed E-state index contributed by atoms with van der Waals surface area (Å²) < 4.78 is 5.64. The Morgan fingerprint density at radius 1 is 1.00 bits per heavy atom. The summed E-state index contributed by atoms with van der Waals surface area (Å²) in [5.41, 5.74) is 3.87. The van der Waals surface area contributed by atoms with Crippen molar-refractivity contribution in [3.8, 4) is 0 Å². The summed E-state index contributed by atoms with van der Waals surface area (Å²) in [5, 5.41) is 3.16. The molecule has 94 valence electrons. The molecule has 3 nitrogen and oxygen atoms in total. The largest absolute Gasteiger partial charge is 0.437 e. The van der Waals surface area contributed by atoms with Gasteiger partial charge in [0.2, 0.25) is 5.89 Å². The second-order valence-electron chi connectivity index (χ2n) is 4.19. The van der Waals surface area contributed by atoms with Gasteiger partial charge in [-0.2, -0.15) is 0 Å². The van der Waals surface area contributed by atoms with Crippen LogP contribution in [0.25, 0.3) is 23.3 Å². The van der Waals surface area contributed by atoms with E-state index in [1.165, 1.54) is 0 Å². The van der Waals surface area contributed by atoms with Gasteiger partial charge in [-0.1, -0.05) is 30.3 Å². The Balaban J connectivity index is 1.93. The van der Waals surface area contributed by atoms with Crippen molar-refractivity contribution < 1.29 is 4.42 Å². The molecule has 0 aliphatic carbocycles. The van der Waals surface area contributed by atoms with Crippen LogP contribution in [0.15, 0.2) is 52.9 Å². The number of nitrogens with zero attached hydrogens (tertiary/aromatic N) is 1. The van der Waals surface area contributed by atoms with Gasteiger partial charge in [-0.25, -0.2) is 4.98 Å². The Labute approximate surface area is 111 Å². The Bertz CT molecular complexity index is 695. The first-order chi connectivity index (χ1) is 9.36. The minimum atomic E-state index is 0.618. The van der Waals surface area contributed by atoms with Gasteiger partial charge < -0.3 is 9.73 Å². The lowest BCUT2D eigenvalue weighted by Gasteiger charge is -2.03. The molecule has 0 aliphatic rings. The van der Waals surface area contributed by atoms with Gasteiger partial charge in [0.15, 0.2) is 5.58 Å². The standard InChI is InChI=1S/C16H14N2O/c1-17-13-7-3-2-6-12(13)10-11-16-18-14-8-4-5-9-15(14)19-16/h2-11,17H,1H3/b11-10+. The predicted octanol–water partition coefficient (Wildman–Crippen LogP) is 4.04. The average molecular weight is 250 g/mol. The van der Waals surface area contributed by atoms with Crippen molar-refractivity contribution in [3.63, 3.8) is 0 Å². The number of anilines is 1. The highest BCUT2D eigenvalue weighted by Gasteiger charge is 2.01. The molecule has 1 aromatic heterocycles. The van der Waals surface area contributed by atoms with E-state index in [4.69, 9.17) is 4.42 Å². The summed E-state index contributed by atoms with van der Waals surface area (Å²) in [7, 11) is 1.91.